The van der Waals surface area contributed by atoms with Crippen LogP contribution in [0, 0.1) is 0 Å². The van der Waals surface area contributed by atoms with Gasteiger partial charge in [0.25, 0.3) is 0 Å². The van der Waals surface area contributed by atoms with Crippen LogP contribution >= 0.6 is 0 Å². The highest BCUT2D eigenvalue weighted by atomic mass is 16.5. The van der Waals surface area contributed by atoms with Crippen LogP contribution in [-0.2, 0) is 5.60 Å². The number of piperidine rings is 1. The van der Waals surface area contributed by atoms with Crippen molar-refractivity contribution in [1.82, 2.24) is 5.32 Å². The van der Waals surface area contributed by atoms with Gasteiger partial charge in [0.15, 0.2) is 0 Å². The first-order valence-corrected chi connectivity index (χ1v) is 7.81. The van der Waals surface area contributed by atoms with Gasteiger partial charge >= 0.3 is 0 Å². The molecule has 0 bridgehead atoms. The van der Waals surface area contributed by atoms with Crippen molar-refractivity contribution in [3.8, 4) is 5.75 Å². The van der Waals surface area contributed by atoms with Gasteiger partial charge in [-0.05, 0) is 66.9 Å². The smallest absolute Gasteiger partial charge is 0.119 e. The molecular weight excluding hydrogens is 262 g/mol. The van der Waals surface area contributed by atoms with Gasteiger partial charge < -0.3 is 15.2 Å². The molecule has 0 unspecified atom stereocenters. The van der Waals surface area contributed by atoms with Crippen molar-refractivity contribution in [1.29, 1.82) is 0 Å². The van der Waals surface area contributed by atoms with E-state index in [1.807, 2.05) is 6.07 Å². The lowest BCUT2D eigenvalue weighted by atomic mass is 9.84. The van der Waals surface area contributed by atoms with Gasteiger partial charge in [0.2, 0.25) is 0 Å². The van der Waals surface area contributed by atoms with Crippen LogP contribution in [-0.4, -0.2) is 24.8 Å². The minimum absolute atomic E-state index is 0.684. The fourth-order valence-corrected chi connectivity index (χ4v) is 2.95. The Morgan fingerprint density at radius 1 is 1.10 bits per heavy atom. The van der Waals surface area contributed by atoms with Crippen molar-refractivity contribution < 1.29 is 9.84 Å². The van der Waals surface area contributed by atoms with E-state index in [9.17, 15) is 5.11 Å². The molecule has 2 aromatic carbocycles. The van der Waals surface area contributed by atoms with Crippen molar-refractivity contribution in [2.24, 2.45) is 0 Å². The molecule has 3 rings (SSSR count). The molecule has 2 N–H and O–H groups in total. The zero-order valence-electron chi connectivity index (χ0n) is 12.6. The molecule has 1 saturated heterocycles. The number of hydrogen-bond donors (Lipinski definition) is 2. The number of benzene rings is 2. The lowest BCUT2D eigenvalue weighted by Crippen LogP contribution is -2.39. The number of rotatable bonds is 4. The fraction of sp³-hybridized carbons (Fsp3) is 0.444. The Hall–Kier alpha value is -1.58. The van der Waals surface area contributed by atoms with Crippen LogP contribution in [0.1, 0.15) is 31.7 Å². The van der Waals surface area contributed by atoms with Crippen molar-refractivity contribution in [3.63, 3.8) is 0 Å². The maximum Gasteiger partial charge on any atom is 0.119 e. The predicted octanol–water partition coefficient (Wildman–Crippen LogP) is 3.20. The highest BCUT2D eigenvalue weighted by Gasteiger charge is 2.31. The lowest BCUT2D eigenvalue weighted by Gasteiger charge is -2.33. The molecule has 0 amide bonds. The van der Waals surface area contributed by atoms with Crippen LogP contribution in [0.15, 0.2) is 36.4 Å². The highest BCUT2D eigenvalue weighted by molar-refractivity contribution is 5.84. The molecule has 112 valence electrons. The largest absolute Gasteiger partial charge is 0.494 e. The molecule has 0 spiro atoms. The minimum Gasteiger partial charge on any atom is -0.494 e. The second-order valence-corrected chi connectivity index (χ2v) is 5.85. The van der Waals surface area contributed by atoms with E-state index in [2.05, 4.69) is 42.6 Å². The fourth-order valence-electron chi connectivity index (χ4n) is 2.95. The van der Waals surface area contributed by atoms with Crippen molar-refractivity contribution in [2.75, 3.05) is 19.7 Å². The van der Waals surface area contributed by atoms with Crippen molar-refractivity contribution >= 4 is 10.8 Å². The van der Waals surface area contributed by atoms with Crippen LogP contribution in [0.3, 0.4) is 0 Å². The molecule has 21 heavy (non-hydrogen) atoms. The minimum atomic E-state index is -0.684. The highest BCUT2D eigenvalue weighted by Crippen LogP contribution is 2.33. The maximum atomic E-state index is 10.8. The van der Waals surface area contributed by atoms with Crippen molar-refractivity contribution in [2.45, 2.75) is 31.8 Å². The van der Waals surface area contributed by atoms with Crippen LogP contribution in [0.5, 0.6) is 5.75 Å². The SMILES string of the molecule is CCCOc1ccc2cc(C3(O)CCNCC3)ccc2c1. The first-order valence-electron chi connectivity index (χ1n) is 7.81. The Balaban J connectivity index is 1.90. The first kappa shape index (κ1) is 14.4. The van der Waals surface area contributed by atoms with Gasteiger partial charge in [0.05, 0.1) is 12.2 Å². The van der Waals surface area contributed by atoms with Crippen LogP contribution in [0.25, 0.3) is 10.8 Å². The normalized spacial score (nSPS) is 17.8. The number of ether oxygens (including phenoxy) is 1. The summed E-state index contributed by atoms with van der Waals surface area (Å²) in [7, 11) is 0. The third-order valence-corrected chi connectivity index (χ3v) is 4.25. The van der Waals surface area contributed by atoms with E-state index < -0.39 is 5.60 Å². The molecule has 2 aromatic rings. The summed E-state index contributed by atoms with van der Waals surface area (Å²) in [6.07, 6.45) is 2.56. The Labute approximate surface area is 125 Å². The summed E-state index contributed by atoms with van der Waals surface area (Å²) >= 11 is 0. The van der Waals surface area contributed by atoms with Crippen LogP contribution < -0.4 is 10.1 Å². The Morgan fingerprint density at radius 3 is 2.57 bits per heavy atom. The van der Waals surface area contributed by atoms with Gasteiger partial charge in [-0.15, -0.1) is 0 Å². The van der Waals surface area contributed by atoms with E-state index in [0.29, 0.717) is 0 Å². The predicted molar refractivity (Wildman–Crippen MR) is 85.7 cm³/mol. The standard InChI is InChI=1S/C18H23NO2/c1-2-11-21-17-6-4-14-12-16(5-3-15(14)13-17)18(20)7-9-19-10-8-18/h3-6,12-13,19-20H,2,7-11H2,1H3. The van der Waals surface area contributed by atoms with E-state index in [4.69, 9.17) is 4.74 Å². The third-order valence-electron chi connectivity index (χ3n) is 4.25. The molecule has 1 heterocycles. The summed E-state index contributed by atoms with van der Waals surface area (Å²) < 4.78 is 5.67. The second kappa shape index (κ2) is 6.04. The molecule has 1 fully saturated rings. The Bertz CT molecular complexity index is 618. The molecule has 3 nitrogen and oxygen atoms in total. The van der Waals surface area contributed by atoms with E-state index in [1.165, 1.54) is 0 Å². The van der Waals surface area contributed by atoms with Crippen molar-refractivity contribution in [3.05, 3.63) is 42.0 Å². The number of fused-ring (bicyclic) bond motifs is 1. The number of nitrogens with one attached hydrogen (secondary N) is 1. The average molecular weight is 285 g/mol. The summed E-state index contributed by atoms with van der Waals surface area (Å²) in [4.78, 5) is 0. The van der Waals surface area contributed by atoms with E-state index >= 15 is 0 Å². The summed E-state index contributed by atoms with van der Waals surface area (Å²) in [5, 5.41) is 16.4. The molecule has 1 aliphatic heterocycles. The zero-order valence-corrected chi connectivity index (χ0v) is 12.6. The zero-order chi connectivity index (χ0) is 14.7. The summed E-state index contributed by atoms with van der Waals surface area (Å²) in [5.74, 6) is 0.915. The van der Waals surface area contributed by atoms with Crippen LogP contribution in [0.2, 0.25) is 0 Å². The van der Waals surface area contributed by atoms with E-state index in [1.54, 1.807) is 0 Å². The van der Waals surface area contributed by atoms with Gasteiger partial charge in [-0.1, -0.05) is 25.1 Å². The van der Waals surface area contributed by atoms with Gasteiger partial charge in [0, 0.05) is 0 Å². The summed E-state index contributed by atoms with van der Waals surface area (Å²) in [5.41, 5.74) is 0.343. The van der Waals surface area contributed by atoms with Gasteiger partial charge in [0.1, 0.15) is 5.75 Å². The monoisotopic (exact) mass is 285 g/mol. The quantitative estimate of drug-likeness (QED) is 0.906. The second-order valence-electron chi connectivity index (χ2n) is 5.85. The Kier molecular flexibility index (Phi) is 4.13. The molecular formula is C18H23NO2. The molecule has 0 radical (unpaired) electrons. The lowest BCUT2D eigenvalue weighted by molar-refractivity contribution is 0.00606. The Morgan fingerprint density at radius 2 is 1.81 bits per heavy atom. The topological polar surface area (TPSA) is 41.5 Å². The van der Waals surface area contributed by atoms with Gasteiger partial charge in [-0.3, -0.25) is 0 Å². The molecule has 0 saturated carbocycles. The summed E-state index contributed by atoms with van der Waals surface area (Å²) in [6.45, 7) is 4.60. The van der Waals surface area contributed by atoms with E-state index in [0.717, 1.165) is 61.0 Å². The maximum absolute atomic E-state index is 10.8. The average Bonchev–Trinajstić information content (AvgIpc) is 2.53. The summed E-state index contributed by atoms with van der Waals surface area (Å²) in [6, 6.07) is 12.4. The van der Waals surface area contributed by atoms with Gasteiger partial charge in [-0.25, -0.2) is 0 Å². The number of hydrogen-bond acceptors (Lipinski definition) is 3. The van der Waals surface area contributed by atoms with Gasteiger partial charge in [-0.2, -0.15) is 0 Å². The third kappa shape index (κ3) is 3.04. The molecule has 1 aliphatic rings. The number of aliphatic hydroxyl groups is 1. The molecule has 3 heteroatoms. The first-order chi connectivity index (χ1) is 10.2. The molecule has 0 aliphatic carbocycles. The van der Waals surface area contributed by atoms with Crippen LogP contribution in [0.4, 0.5) is 0 Å². The molecule has 0 atom stereocenters. The van der Waals surface area contributed by atoms with E-state index in [-0.39, 0.29) is 0 Å². The molecule has 0 aromatic heterocycles.